The van der Waals surface area contributed by atoms with Gasteiger partial charge in [0.15, 0.2) is 0 Å². The molecule has 0 saturated heterocycles. The van der Waals surface area contributed by atoms with Gasteiger partial charge in [0, 0.05) is 12.6 Å². The van der Waals surface area contributed by atoms with Crippen LogP contribution in [0, 0.1) is 0 Å². The van der Waals surface area contributed by atoms with Gasteiger partial charge >= 0.3 is 6.36 Å². The Balaban J connectivity index is 1.81. The SMILES string of the molecule is Cn1c(=O)c(-c2ccccc2)nc2ccc(-c3cccc(OC(F)(F)F)c3)cc21. The lowest BCUT2D eigenvalue weighted by atomic mass is 10.0. The van der Waals surface area contributed by atoms with E-state index >= 15 is 0 Å². The molecule has 0 atom stereocenters. The molecular weight excluding hydrogens is 381 g/mol. The monoisotopic (exact) mass is 396 g/mol. The zero-order chi connectivity index (χ0) is 20.6. The first-order chi connectivity index (χ1) is 13.8. The number of nitrogens with zero attached hydrogens (tertiary/aromatic N) is 2. The molecule has 4 rings (SSSR count). The third kappa shape index (κ3) is 3.85. The summed E-state index contributed by atoms with van der Waals surface area (Å²) in [6.07, 6.45) is -4.76. The summed E-state index contributed by atoms with van der Waals surface area (Å²) in [6, 6.07) is 20.1. The first kappa shape index (κ1) is 18.7. The van der Waals surface area contributed by atoms with Gasteiger partial charge in [-0.1, -0.05) is 48.5 Å². The molecule has 4 nitrogen and oxygen atoms in total. The van der Waals surface area contributed by atoms with E-state index in [1.54, 1.807) is 31.3 Å². The Kier molecular flexibility index (Phi) is 4.58. The highest BCUT2D eigenvalue weighted by Gasteiger charge is 2.31. The van der Waals surface area contributed by atoms with Gasteiger partial charge in [0.1, 0.15) is 11.4 Å². The van der Waals surface area contributed by atoms with Crippen LogP contribution in [0.4, 0.5) is 13.2 Å². The van der Waals surface area contributed by atoms with Crippen molar-refractivity contribution in [1.29, 1.82) is 0 Å². The van der Waals surface area contributed by atoms with Crippen LogP contribution >= 0.6 is 0 Å². The Morgan fingerprint density at radius 1 is 0.862 bits per heavy atom. The molecule has 0 aliphatic carbocycles. The van der Waals surface area contributed by atoms with Crippen molar-refractivity contribution < 1.29 is 17.9 Å². The van der Waals surface area contributed by atoms with Gasteiger partial charge < -0.3 is 9.30 Å². The van der Waals surface area contributed by atoms with E-state index in [0.717, 1.165) is 5.56 Å². The van der Waals surface area contributed by atoms with E-state index in [1.807, 2.05) is 30.3 Å². The topological polar surface area (TPSA) is 44.1 Å². The van der Waals surface area contributed by atoms with Crippen LogP contribution in [0.25, 0.3) is 33.4 Å². The number of alkyl halides is 3. The highest BCUT2D eigenvalue weighted by Crippen LogP contribution is 2.29. The summed E-state index contributed by atoms with van der Waals surface area (Å²) in [5, 5.41) is 0. The number of halogens is 3. The highest BCUT2D eigenvalue weighted by atomic mass is 19.4. The van der Waals surface area contributed by atoms with Crippen molar-refractivity contribution in [2.45, 2.75) is 6.36 Å². The minimum atomic E-state index is -4.76. The Morgan fingerprint density at radius 2 is 1.55 bits per heavy atom. The third-order valence-corrected chi connectivity index (χ3v) is 4.52. The fourth-order valence-electron chi connectivity index (χ4n) is 3.16. The number of hydrogen-bond donors (Lipinski definition) is 0. The molecule has 0 bridgehead atoms. The number of ether oxygens (including phenoxy) is 1. The highest BCUT2D eigenvalue weighted by molar-refractivity contribution is 5.83. The molecule has 1 aromatic heterocycles. The van der Waals surface area contributed by atoms with Gasteiger partial charge in [0.2, 0.25) is 0 Å². The summed E-state index contributed by atoms with van der Waals surface area (Å²) in [6.45, 7) is 0. The van der Waals surface area contributed by atoms with Gasteiger partial charge in [0.05, 0.1) is 11.0 Å². The molecule has 0 amide bonds. The van der Waals surface area contributed by atoms with E-state index < -0.39 is 6.36 Å². The van der Waals surface area contributed by atoms with Crippen LogP contribution in [0.2, 0.25) is 0 Å². The van der Waals surface area contributed by atoms with Crippen LogP contribution in [0.15, 0.2) is 77.6 Å². The minimum Gasteiger partial charge on any atom is -0.406 e. The molecule has 0 aliphatic heterocycles. The number of hydrogen-bond acceptors (Lipinski definition) is 3. The lowest BCUT2D eigenvalue weighted by Gasteiger charge is -2.12. The van der Waals surface area contributed by atoms with Gasteiger partial charge in [-0.2, -0.15) is 0 Å². The predicted molar refractivity (Wildman–Crippen MR) is 105 cm³/mol. The maximum absolute atomic E-state index is 12.8. The second-order valence-electron chi connectivity index (χ2n) is 6.47. The van der Waals surface area contributed by atoms with E-state index in [2.05, 4.69) is 9.72 Å². The molecule has 0 aliphatic rings. The molecule has 146 valence electrons. The molecule has 7 heteroatoms. The average Bonchev–Trinajstić information content (AvgIpc) is 2.70. The Bertz CT molecular complexity index is 1250. The lowest BCUT2D eigenvalue weighted by Crippen LogP contribution is -2.20. The number of benzene rings is 3. The molecule has 3 aromatic carbocycles. The molecule has 0 N–H and O–H groups in total. The van der Waals surface area contributed by atoms with E-state index in [4.69, 9.17) is 0 Å². The smallest absolute Gasteiger partial charge is 0.406 e. The summed E-state index contributed by atoms with van der Waals surface area (Å²) < 4.78 is 43.0. The van der Waals surface area contributed by atoms with Crippen molar-refractivity contribution in [3.05, 3.63) is 83.2 Å². The standard InChI is InChI=1S/C22H15F3N2O2/c1-27-19-13-16(15-8-5-9-17(12-15)29-22(23,24)25)10-11-18(19)26-20(21(27)28)14-6-3-2-4-7-14/h2-13H,1H3. The maximum Gasteiger partial charge on any atom is 0.573 e. The molecule has 0 fully saturated rings. The Labute approximate surface area is 163 Å². The molecule has 1 heterocycles. The molecule has 0 spiro atoms. The first-order valence-electron chi connectivity index (χ1n) is 8.74. The van der Waals surface area contributed by atoms with Gasteiger partial charge in [0.25, 0.3) is 5.56 Å². The normalized spacial score (nSPS) is 11.6. The summed E-state index contributed by atoms with van der Waals surface area (Å²) in [5.74, 6) is -0.304. The Morgan fingerprint density at radius 3 is 2.28 bits per heavy atom. The second kappa shape index (κ2) is 7.09. The van der Waals surface area contributed by atoms with Crippen molar-refractivity contribution >= 4 is 11.0 Å². The largest absolute Gasteiger partial charge is 0.573 e. The average molecular weight is 396 g/mol. The molecule has 0 saturated carbocycles. The number of rotatable bonds is 3. The fourth-order valence-corrected chi connectivity index (χ4v) is 3.16. The number of aromatic nitrogens is 2. The van der Waals surface area contributed by atoms with Crippen LogP contribution in [0.5, 0.6) is 5.75 Å². The first-order valence-corrected chi connectivity index (χ1v) is 8.74. The lowest BCUT2D eigenvalue weighted by molar-refractivity contribution is -0.274. The van der Waals surface area contributed by atoms with Gasteiger partial charge in [-0.3, -0.25) is 4.79 Å². The molecule has 4 aromatic rings. The molecule has 0 radical (unpaired) electrons. The fraction of sp³-hybridized carbons (Fsp3) is 0.0909. The molecular formula is C22H15F3N2O2. The summed E-state index contributed by atoms with van der Waals surface area (Å²) in [4.78, 5) is 17.3. The summed E-state index contributed by atoms with van der Waals surface area (Å²) in [5.41, 5.74) is 3.18. The van der Waals surface area contributed by atoms with Gasteiger partial charge in [-0.25, -0.2) is 4.98 Å². The zero-order valence-electron chi connectivity index (χ0n) is 15.3. The van der Waals surface area contributed by atoms with Gasteiger partial charge in [-0.05, 0) is 35.4 Å². The van der Waals surface area contributed by atoms with Crippen LogP contribution < -0.4 is 10.3 Å². The quantitative estimate of drug-likeness (QED) is 0.480. The molecule has 0 unspecified atom stereocenters. The number of fused-ring (bicyclic) bond motifs is 1. The van der Waals surface area contributed by atoms with Crippen molar-refractivity contribution in [3.8, 4) is 28.1 Å². The van der Waals surface area contributed by atoms with E-state index in [0.29, 0.717) is 27.9 Å². The van der Waals surface area contributed by atoms with Crippen LogP contribution in [0.1, 0.15) is 0 Å². The van der Waals surface area contributed by atoms with Crippen LogP contribution in [-0.2, 0) is 7.05 Å². The van der Waals surface area contributed by atoms with Crippen LogP contribution in [0.3, 0.4) is 0 Å². The van der Waals surface area contributed by atoms with Crippen molar-refractivity contribution in [2.75, 3.05) is 0 Å². The van der Waals surface area contributed by atoms with Crippen molar-refractivity contribution in [3.63, 3.8) is 0 Å². The van der Waals surface area contributed by atoms with Gasteiger partial charge in [-0.15, -0.1) is 13.2 Å². The predicted octanol–water partition coefficient (Wildman–Crippen LogP) is 5.17. The summed E-state index contributed by atoms with van der Waals surface area (Å²) in [7, 11) is 1.64. The van der Waals surface area contributed by atoms with E-state index in [1.165, 1.54) is 22.8 Å². The second-order valence-corrected chi connectivity index (χ2v) is 6.47. The van der Waals surface area contributed by atoms with Crippen molar-refractivity contribution in [1.82, 2.24) is 9.55 Å². The summed E-state index contributed by atoms with van der Waals surface area (Å²) >= 11 is 0. The van der Waals surface area contributed by atoms with Crippen LogP contribution in [-0.4, -0.2) is 15.9 Å². The molecule has 29 heavy (non-hydrogen) atoms. The zero-order valence-corrected chi connectivity index (χ0v) is 15.3. The van der Waals surface area contributed by atoms with E-state index in [-0.39, 0.29) is 11.3 Å². The van der Waals surface area contributed by atoms with Crippen molar-refractivity contribution in [2.24, 2.45) is 7.05 Å². The minimum absolute atomic E-state index is 0.255. The maximum atomic E-state index is 12.8. The Hall–Kier alpha value is -3.61. The number of aryl methyl sites for hydroxylation is 1. The van der Waals surface area contributed by atoms with E-state index in [9.17, 15) is 18.0 Å². The third-order valence-electron chi connectivity index (χ3n) is 4.52.